The number of carbonyl (C=O) groups excluding carboxylic acids is 1. The molecule has 0 bridgehead atoms. The largest absolute Gasteiger partial charge is 0.480 e. The fourth-order valence-electron chi connectivity index (χ4n) is 1.03. The molecule has 0 aliphatic heterocycles. The van der Waals surface area contributed by atoms with Crippen molar-refractivity contribution < 1.29 is 9.53 Å². The highest BCUT2D eigenvalue weighted by Gasteiger charge is 2.22. The topological polar surface area (TPSA) is 61.2 Å². The van der Waals surface area contributed by atoms with Crippen molar-refractivity contribution in [2.45, 2.75) is 27.3 Å². The first kappa shape index (κ1) is 12.4. The summed E-state index contributed by atoms with van der Waals surface area (Å²) in [4.78, 5) is 23.2. The van der Waals surface area contributed by atoms with E-state index >= 15 is 0 Å². The highest BCUT2D eigenvalue weighted by Crippen LogP contribution is 2.15. The van der Waals surface area contributed by atoms with Gasteiger partial charge in [0, 0.05) is 17.5 Å². The van der Waals surface area contributed by atoms with Gasteiger partial charge in [0.25, 0.3) is 5.56 Å². The second-order valence-corrected chi connectivity index (χ2v) is 4.54. The van der Waals surface area contributed by atoms with Crippen LogP contribution in [-0.2, 0) is 11.3 Å². The van der Waals surface area contributed by atoms with Crippen LogP contribution in [0, 0.1) is 5.41 Å². The van der Waals surface area contributed by atoms with Crippen molar-refractivity contribution in [2.75, 3.05) is 7.11 Å². The van der Waals surface area contributed by atoms with Crippen LogP contribution in [0.5, 0.6) is 5.88 Å². The van der Waals surface area contributed by atoms with E-state index in [1.54, 1.807) is 20.8 Å². The van der Waals surface area contributed by atoms with Crippen molar-refractivity contribution in [3.05, 3.63) is 22.5 Å². The molecule has 88 valence electrons. The molecule has 0 N–H and O–H groups in total. The number of rotatable bonds is 3. The van der Waals surface area contributed by atoms with Gasteiger partial charge in [0.15, 0.2) is 5.78 Å². The molecular formula is C11H16N2O3. The Kier molecular flexibility index (Phi) is 3.47. The lowest BCUT2D eigenvalue weighted by Crippen LogP contribution is -2.31. The van der Waals surface area contributed by atoms with Crippen LogP contribution in [0.4, 0.5) is 0 Å². The molecule has 0 unspecified atom stereocenters. The van der Waals surface area contributed by atoms with Crippen molar-refractivity contribution >= 4 is 5.78 Å². The van der Waals surface area contributed by atoms with Crippen molar-refractivity contribution in [1.82, 2.24) is 9.78 Å². The normalized spacial score (nSPS) is 11.2. The number of hydrogen-bond acceptors (Lipinski definition) is 4. The molecule has 0 saturated heterocycles. The highest BCUT2D eigenvalue weighted by atomic mass is 16.5. The van der Waals surface area contributed by atoms with E-state index in [-0.39, 0.29) is 17.9 Å². The molecule has 0 aliphatic rings. The van der Waals surface area contributed by atoms with Gasteiger partial charge in [-0.15, -0.1) is 5.10 Å². The average Bonchev–Trinajstić information content (AvgIpc) is 2.19. The molecule has 1 aromatic rings. The van der Waals surface area contributed by atoms with Crippen molar-refractivity contribution in [3.63, 3.8) is 0 Å². The van der Waals surface area contributed by atoms with Gasteiger partial charge < -0.3 is 4.74 Å². The molecular weight excluding hydrogens is 208 g/mol. The van der Waals surface area contributed by atoms with Gasteiger partial charge >= 0.3 is 0 Å². The minimum atomic E-state index is -0.482. The predicted octanol–water partition coefficient (Wildman–Crippen LogP) is 0.867. The summed E-state index contributed by atoms with van der Waals surface area (Å²) in [6.45, 7) is 5.39. The van der Waals surface area contributed by atoms with Crippen molar-refractivity contribution in [2.24, 2.45) is 5.41 Å². The van der Waals surface area contributed by atoms with Gasteiger partial charge in [-0.25, -0.2) is 4.68 Å². The molecule has 0 radical (unpaired) electrons. The van der Waals surface area contributed by atoms with Crippen LogP contribution in [-0.4, -0.2) is 22.7 Å². The summed E-state index contributed by atoms with van der Waals surface area (Å²) in [5.41, 5.74) is -0.789. The van der Waals surface area contributed by atoms with Gasteiger partial charge in [-0.3, -0.25) is 9.59 Å². The van der Waals surface area contributed by atoms with Gasteiger partial charge in [-0.2, -0.15) is 0 Å². The molecule has 1 aromatic heterocycles. The van der Waals surface area contributed by atoms with Gasteiger partial charge in [0.2, 0.25) is 5.88 Å². The van der Waals surface area contributed by atoms with Gasteiger partial charge in [0.05, 0.1) is 7.11 Å². The number of carbonyl (C=O) groups is 1. The molecule has 0 aliphatic carbocycles. The third-order valence-corrected chi connectivity index (χ3v) is 2.18. The SMILES string of the molecule is COc1ccc(=O)n(CC(=O)C(C)(C)C)n1. The quantitative estimate of drug-likeness (QED) is 0.764. The second kappa shape index (κ2) is 4.47. The summed E-state index contributed by atoms with van der Waals surface area (Å²) < 4.78 is 6.01. The molecule has 5 heteroatoms. The Balaban J connectivity index is 2.97. The number of nitrogens with zero attached hydrogens (tertiary/aromatic N) is 2. The summed E-state index contributed by atoms with van der Waals surface area (Å²) in [5.74, 6) is 0.275. The van der Waals surface area contributed by atoms with E-state index in [0.29, 0.717) is 5.88 Å². The van der Waals surface area contributed by atoms with Gasteiger partial charge in [0.1, 0.15) is 6.54 Å². The van der Waals surface area contributed by atoms with Crippen LogP contribution in [0.25, 0.3) is 0 Å². The van der Waals surface area contributed by atoms with Crippen LogP contribution in [0.15, 0.2) is 16.9 Å². The third kappa shape index (κ3) is 2.92. The Morgan fingerprint density at radius 3 is 2.56 bits per heavy atom. The van der Waals surface area contributed by atoms with Crippen molar-refractivity contribution in [3.8, 4) is 5.88 Å². The lowest BCUT2D eigenvalue weighted by Gasteiger charge is -2.16. The first-order valence-corrected chi connectivity index (χ1v) is 5.00. The molecule has 0 atom stereocenters. The van der Waals surface area contributed by atoms with Crippen LogP contribution in [0.3, 0.4) is 0 Å². The van der Waals surface area contributed by atoms with Crippen LogP contribution in [0.2, 0.25) is 0 Å². The Morgan fingerprint density at radius 1 is 1.44 bits per heavy atom. The number of Topliss-reactive ketones (excluding diaryl/α,β-unsaturated/α-hetero) is 1. The zero-order valence-corrected chi connectivity index (χ0v) is 9.98. The smallest absolute Gasteiger partial charge is 0.267 e. The first-order valence-electron chi connectivity index (χ1n) is 5.00. The minimum absolute atomic E-state index is 0.0282. The molecule has 1 rings (SSSR count). The van der Waals surface area contributed by atoms with Crippen LogP contribution >= 0.6 is 0 Å². The number of hydrogen-bond donors (Lipinski definition) is 0. The van der Waals surface area contributed by atoms with E-state index in [9.17, 15) is 9.59 Å². The highest BCUT2D eigenvalue weighted by molar-refractivity contribution is 5.83. The van der Waals surface area contributed by atoms with E-state index in [2.05, 4.69) is 5.10 Å². The molecule has 0 fully saturated rings. The fourth-order valence-corrected chi connectivity index (χ4v) is 1.03. The van der Waals surface area contributed by atoms with Crippen LogP contribution < -0.4 is 10.3 Å². The second-order valence-electron chi connectivity index (χ2n) is 4.54. The monoisotopic (exact) mass is 224 g/mol. The Hall–Kier alpha value is -1.65. The Bertz CT molecular complexity index is 443. The summed E-state index contributed by atoms with van der Waals surface area (Å²) in [7, 11) is 1.46. The lowest BCUT2D eigenvalue weighted by atomic mass is 9.91. The maximum Gasteiger partial charge on any atom is 0.267 e. The number of methoxy groups -OCH3 is 1. The van der Waals surface area contributed by atoms with E-state index < -0.39 is 5.41 Å². The maximum atomic E-state index is 11.7. The Morgan fingerprint density at radius 2 is 2.06 bits per heavy atom. The molecule has 0 spiro atoms. The summed E-state index contributed by atoms with van der Waals surface area (Å²) in [6, 6.07) is 2.81. The summed E-state index contributed by atoms with van der Waals surface area (Å²) >= 11 is 0. The van der Waals surface area contributed by atoms with Gasteiger partial charge in [-0.05, 0) is 0 Å². The Labute approximate surface area is 94.0 Å². The predicted molar refractivity (Wildman–Crippen MR) is 59.5 cm³/mol. The lowest BCUT2D eigenvalue weighted by molar-refractivity contribution is -0.127. The van der Waals surface area contributed by atoms with Gasteiger partial charge in [-0.1, -0.05) is 20.8 Å². The maximum absolute atomic E-state index is 11.7. The van der Waals surface area contributed by atoms with Crippen molar-refractivity contribution in [1.29, 1.82) is 0 Å². The minimum Gasteiger partial charge on any atom is -0.480 e. The average molecular weight is 224 g/mol. The zero-order chi connectivity index (χ0) is 12.3. The van der Waals surface area contributed by atoms with Crippen LogP contribution in [0.1, 0.15) is 20.8 Å². The van der Waals surface area contributed by atoms with E-state index in [4.69, 9.17) is 4.74 Å². The summed E-state index contributed by atoms with van der Waals surface area (Å²) in [5, 5.41) is 3.91. The van der Waals surface area contributed by atoms with E-state index in [1.165, 1.54) is 19.2 Å². The third-order valence-electron chi connectivity index (χ3n) is 2.18. The molecule has 5 nitrogen and oxygen atoms in total. The molecule has 0 aromatic carbocycles. The fraction of sp³-hybridized carbons (Fsp3) is 0.545. The summed E-state index contributed by atoms with van der Waals surface area (Å²) in [6.07, 6.45) is 0. The standard InChI is InChI=1S/C11H16N2O3/c1-11(2,3)8(14)7-13-10(15)6-5-9(12-13)16-4/h5-6H,7H2,1-4H3. The van der Waals surface area contributed by atoms with E-state index in [1.807, 2.05) is 0 Å². The molecule has 0 saturated carbocycles. The molecule has 1 heterocycles. The number of aromatic nitrogens is 2. The first-order chi connectivity index (χ1) is 7.34. The van der Waals surface area contributed by atoms with E-state index in [0.717, 1.165) is 4.68 Å². The number of ether oxygens (including phenoxy) is 1. The number of ketones is 1. The molecule has 0 amide bonds. The molecule has 16 heavy (non-hydrogen) atoms. The zero-order valence-electron chi connectivity index (χ0n) is 9.98.